The van der Waals surface area contributed by atoms with E-state index in [9.17, 15) is 14.7 Å². The number of nitrogens with one attached hydrogen (secondary N) is 1. The van der Waals surface area contributed by atoms with Crippen molar-refractivity contribution in [2.45, 2.75) is 77.7 Å². The standard InChI is InChI=1S/C11H19NO5.C4H11N/c1-11(2,3)17-10(16)12-7-4-6(9(14)15)5-8(7)13;1-4(2,3)5/h6-8,13H,4-5H2,1-3H3,(H,12,16)(H,14,15);5H2,1-3H3/t6-,7+,8-;/m1./s1. The highest BCUT2D eigenvalue weighted by atomic mass is 16.6. The van der Waals surface area contributed by atoms with Crippen LogP contribution in [0.25, 0.3) is 0 Å². The molecule has 5 N–H and O–H groups in total. The number of ether oxygens (including phenoxy) is 1. The zero-order valence-corrected chi connectivity index (χ0v) is 14.3. The first-order chi connectivity index (χ1) is 9.69. The van der Waals surface area contributed by atoms with Gasteiger partial charge in [0.1, 0.15) is 5.60 Å². The molecule has 1 aliphatic carbocycles. The Hall–Kier alpha value is -1.34. The van der Waals surface area contributed by atoms with Crippen molar-refractivity contribution in [3.8, 4) is 0 Å². The summed E-state index contributed by atoms with van der Waals surface area (Å²) in [6.45, 7) is 11.1. The molecule has 130 valence electrons. The Kier molecular flexibility index (Phi) is 7.31. The topological polar surface area (TPSA) is 122 Å². The van der Waals surface area contributed by atoms with E-state index in [1.807, 2.05) is 20.8 Å². The summed E-state index contributed by atoms with van der Waals surface area (Å²) in [4.78, 5) is 22.2. The molecule has 0 aliphatic heterocycles. The lowest BCUT2D eigenvalue weighted by Crippen LogP contribution is -2.42. The Balaban J connectivity index is 0.000000763. The third kappa shape index (κ3) is 10.4. The number of alkyl carbamates (subject to hydrolysis) is 1. The molecule has 1 amide bonds. The number of rotatable bonds is 2. The molecule has 1 rings (SSSR count). The molecule has 0 aromatic heterocycles. The highest BCUT2D eigenvalue weighted by molar-refractivity contribution is 5.72. The van der Waals surface area contributed by atoms with E-state index in [-0.39, 0.29) is 18.4 Å². The van der Waals surface area contributed by atoms with E-state index in [2.05, 4.69) is 5.32 Å². The van der Waals surface area contributed by atoms with Crippen molar-refractivity contribution < 1.29 is 24.5 Å². The minimum absolute atomic E-state index is 0. The maximum atomic E-state index is 11.4. The van der Waals surface area contributed by atoms with Gasteiger partial charge >= 0.3 is 12.1 Å². The van der Waals surface area contributed by atoms with Crippen molar-refractivity contribution in [3.63, 3.8) is 0 Å². The second-order valence-electron chi connectivity index (χ2n) is 7.69. The summed E-state index contributed by atoms with van der Waals surface area (Å²) in [6.07, 6.45) is -1.07. The Morgan fingerprint density at radius 3 is 1.91 bits per heavy atom. The number of aliphatic hydroxyl groups is 1. The number of carbonyl (C=O) groups excluding carboxylic acids is 1. The van der Waals surface area contributed by atoms with E-state index in [0.717, 1.165) is 0 Å². The van der Waals surface area contributed by atoms with E-state index >= 15 is 0 Å². The Bertz CT molecular complexity index is 378. The van der Waals surface area contributed by atoms with Crippen molar-refractivity contribution in [3.05, 3.63) is 0 Å². The van der Waals surface area contributed by atoms with E-state index in [0.29, 0.717) is 0 Å². The van der Waals surface area contributed by atoms with Crippen molar-refractivity contribution in [2.24, 2.45) is 11.7 Å². The van der Waals surface area contributed by atoms with Gasteiger partial charge in [0.2, 0.25) is 0 Å². The molecule has 7 heteroatoms. The van der Waals surface area contributed by atoms with Gasteiger partial charge in [-0.15, -0.1) is 0 Å². The highest BCUT2D eigenvalue weighted by Crippen LogP contribution is 2.26. The smallest absolute Gasteiger partial charge is 0.407 e. The first kappa shape index (κ1) is 20.7. The average Bonchev–Trinajstić information content (AvgIpc) is 2.54. The van der Waals surface area contributed by atoms with Gasteiger partial charge in [-0.1, -0.05) is 0 Å². The third-order valence-corrected chi connectivity index (χ3v) is 2.58. The number of carboxylic acids is 1. The zero-order chi connectivity index (χ0) is 17.7. The molecule has 0 aromatic carbocycles. The molecule has 0 radical (unpaired) electrons. The minimum atomic E-state index is -0.947. The first-order valence-electron chi connectivity index (χ1n) is 7.38. The number of carboxylic acid groups (broad SMARTS) is 1. The van der Waals surface area contributed by atoms with Crippen LogP contribution in [-0.2, 0) is 9.53 Å². The fraction of sp³-hybridized carbons (Fsp3) is 0.867. The predicted molar refractivity (Wildman–Crippen MR) is 83.5 cm³/mol. The molecular formula is C15H30N2O5. The maximum Gasteiger partial charge on any atom is 0.407 e. The minimum Gasteiger partial charge on any atom is -0.481 e. The van der Waals surface area contributed by atoms with Crippen LogP contribution in [0.15, 0.2) is 0 Å². The van der Waals surface area contributed by atoms with Gasteiger partial charge in [0.15, 0.2) is 0 Å². The maximum absolute atomic E-state index is 11.4. The first-order valence-corrected chi connectivity index (χ1v) is 7.38. The molecule has 3 atom stereocenters. The van der Waals surface area contributed by atoms with Crippen molar-refractivity contribution in [1.29, 1.82) is 0 Å². The van der Waals surface area contributed by atoms with Crippen LogP contribution in [-0.4, -0.2) is 45.6 Å². The molecule has 22 heavy (non-hydrogen) atoms. The molecule has 1 saturated carbocycles. The number of hydrogen-bond donors (Lipinski definition) is 4. The molecule has 0 saturated heterocycles. The molecular weight excluding hydrogens is 288 g/mol. The summed E-state index contributed by atoms with van der Waals surface area (Å²) >= 11 is 0. The second-order valence-corrected chi connectivity index (χ2v) is 7.69. The number of amides is 1. The number of hydrogen-bond acceptors (Lipinski definition) is 5. The van der Waals surface area contributed by atoms with Gasteiger partial charge in [0, 0.05) is 5.54 Å². The number of carbonyl (C=O) groups is 2. The summed E-state index contributed by atoms with van der Waals surface area (Å²) in [5.74, 6) is -1.55. The number of aliphatic carboxylic acids is 1. The van der Waals surface area contributed by atoms with Crippen molar-refractivity contribution in [1.82, 2.24) is 5.32 Å². The van der Waals surface area contributed by atoms with Crippen LogP contribution < -0.4 is 11.1 Å². The molecule has 0 bridgehead atoms. The zero-order valence-electron chi connectivity index (χ0n) is 14.3. The monoisotopic (exact) mass is 318 g/mol. The van der Waals surface area contributed by atoms with Gasteiger partial charge in [-0.2, -0.15) is 0 Å². The van der Waals surface area contributed by atoms with Crippen LogP contribution in [0.2, 0.25) is 0 Å². The van der Waals surface area contributed by atoms with E-state index < -0.39 is 35.7 Å². The lowest BCUT2D eigenvalue weighted by atomic mass is 10.1. The summed E-state index contributed by atoms with van der Waals surface area (Å²) < 4.78 is 5.04. The third-order valence-electron chi connectivity index (χ3n) is 2.58. The fourth-order valence-corrected chi connectivity index (χ4v) is 1.83. The van der Waals surface area contributed by atoms with Crippen LogP contribution in [0.4, 0.5) is 4.79 Å². The van der Waals surface area contributed by atoms with Crippen molar-refractivity contribution >= 4 is 12.1 Å². The van der Waals surface area contributed by atoms with Gasteiger partial charge < -0.3 is 26.0 Å². The van der Waals surface area contributed by atoms with Gasteiger partial charge in [-0.05, 0) is 54.4 Å². The number of nitrogens with two attached hydrogens (primary N) is 1. The van der Waals surface area contributed by atoms with E-state index in [4.69, 9.17) is 15.6 Å². The van der Waals surface area contributed by atoms with Crippen LogP contribution in [0.5, 0.6) is 0 Å². The predicted octanol–water partition coefficient (Wildman–Crippen LogP) is 1.48. The van der Waals surface area contributed by atoms with E-state index in [1.54, 1.807) is 20.8 Å². The second kappa shape index (κ2) is 7.78. The van der Waals surface area contributed by atoms with Crippen LogP contribution in [0, 0.1) is 5.92 Å². The molecule has 1 aliphatic rings. The average molecular weight is 318 g/mol. The normalized spacial score (nSPS) is 25.0. The Labute approximate surface area is 132 Å². The summed E-state index contributed by atoms with van der Waals surface area (Å²) in [7, 11) is 0. The van der Waals surface area contributed by atoms with Crippen LogP contribution in [0.3, 0.4) is 0 Å². The quantitative estimate of drug-likeness (QED) is 0.612. The lowest BCUT2D eigenvalue weighted by molar-refractivity contribution is -0.141. The van der Waals surface area contributed by atoms with Gasteiger partial charge in [-0.25, -0.2) is 4.79 Å². The lowest BCUT2D eigenvalue weighted by Gasteiger charge is -2.22. The largest absolute Gasteiger partial charge is 0.481 e. The Morgan fingerprint density at radius 1 is 1.14 bits per heavy atom. The van der Waals surface area contributed by atoms with Gasteiger partial charge in [0.25, 0.3) is 0 Å². The van der Waals surface area contributed by atoms with Crippen LogP contribution in [0.1, 0.15) is 54.4 Å². The highest BCUT2D eigenvalue weighted by Gasteiger charge is 2.38. The summed E-state index contributed by atoms with van der Waals surface area (Å²) in [5, 5.41) is 20.9. The molecule has 7 nitrogen and oxygen atoms in total. The molecule has 0 heterocycles. The summed E-state index contributed by atoms with van der Waals surface area (Å²) in [6, 6.07) is -0.550. The number of aliphatic hydroxyl groups excluding tert-OH is 1. The van der Waals surface area contributed by atoms with E-state index in [1.165, 1.54) is 0 Å². The van der Waals surface area contributed by atoms with Gasteiger partial charge in [-0.3, -0.25) is 4.79 Å². The van der Waals surface area contributed by atoms with Crippen molar-refractivity contribution in [2.75, 3.05) is 0 Å². The molecule has 0 aromatic rings. The Morgan fingerprint density at radius 2 is 1.59 bits per heavy atom. The van der Waals surface area contributed by atoms with Gasteiger partial charge in [0.05, 0.1) is 18.1 Å². The SMILES string of the molecule is CC(C)(C)N.CC(C)(C)OC(=O)N[C@H]1C[C@@H](C(=O)O)C[C@H]1O. The molecule has 0 spiro atoms. The molecule has 0 unspecified atom stereocenters. The fourth-order valence-electron chi connectivity index (χ4n) is 1.83. The molecule has 1 fully saturated rings. The summed E-state index contributed by atoms with van der Waals surface area (Å²) in [5.41, 5.74) is 4.74. The van der Waals surface area contributed by atoms with Crippen LogP contribution >= 0.6 is 0 Å².